The number of nitrogens with two attached hydrogens (primary N) is 1. The van der Waals surface area contributed by atoms with Gasteiger partial charge in [0.15, 0.2) is 0 Å². The maximum atomic E-state index is 12.6. The van der Waals surface area contributed by atoms with Gasteiger partial charge in [-0.2, -0.15) is 0 Å². The Bertz CT molecular complexity index is 1190. The van der Waals surface area contributed by atoms with Gasteiger partial charge >= 0.3 is 0 Å². The number of carbonyl (C=O) groups excluding carboxylic acids is 1. The van der Waals surface area contributed by atoms with E-state index in [4.69, 9.17) is 10.7 Å². The lowest BCUT2D eigenvalue weighted by atomic mass is 10.1. The summed E-state index contributed by atoms with van der Waals surface area (Å²) in [4.78, 5) is 28.2. The molecule has 0 fully saturated rings. The number of nitrogens with zero attached hydrogens (tertiary/aromatic N) is 5. The Balaban J connectivity index is 2.01. The van der Waals surface area contributed by atoms with Crippen LogP contribution in [0.25, 0.3) is 16.8 Å². The summed E-state index contributed by atoms with van der Waals surface area (Å²) in [6.07, 6.45) is 9.39. The number of allylic oxidation sites excluding steroid dienone is 1. The number of aromatic nitrogens is 3. The van der Waals surface area contributed by atoms with Crippen LogP contribution in [0.15, 0.2) is 66.6 Å². The largest absolute Gasteiger partial charge is 0.382 e. The van der Waals surface area contributed by atoms with Crippen molar-refractivity contribution in [2.45, 2.75) is 33.2 Å². The molecule has 2 heterocycles. The van der Waals surface area contributed by atoms with Gasteiger partial charge in [0.2, 0.25) is 0 Å². The van der Waals surface area contributed by atoms with Crippen LogP contribution in [0.2, 0.25) is 0 Å². The van der Waals surface area contributed by atoms with Gasteiger partial charge in [-0.1, -0.05) is 38.6 Å². The second-order valence-electron chi connectivity index (χ2n) is 7.58. The third-order valence-electron chi connectivity index (χ3n) is 5.54. The molecule has 172 valence electrons. The molecule has 0 aliphatic heterocycles. The van der Waals surface area contributed by atoms with Crippen LogP contribution in [0.5, 0.6) is 0 Å². The van der Waals surface area contributed by atoms with E-state index in [2.05, 4.69) is 47.7 Å². The molecular formula is C25H31N7O. The molecule has 3 N–H and O–H groups in total. The van der Waals surface area contributed by atoms with Crippen molar-refractivity contribution < 1.29 is 4.79 Å². The van der Waals surface area contributed by atoms with Crippen molar-refractivity contribution in [2.24, 2.45) is 4.99 Å². The van der Waals surface area contributed by atoms with Gasteiger partial charge in [0.05, 0.1) is 6.04 Å². The molecule has 0 spiro atoms. The van der Waals surface area contributed by atoms with E-state index in [0.717, 1.165) is 35.6 Å². The smallest absolute Gasteiger partial charge is 0.256 e. The lowest BCUT2D eigenvalue weighted by molar-refractivity contribution is 0.0977. The average Bonchev–Trinajstić information content (AvgIpc) is 3.20. The molecule has 3 aromatic rings. The minimum absolute atomic E-state index is 0.136. The van der Waals surface area contributed by atoms with E-state index in [1.165, 1.54) is 6.20 Å². The van der Waals surface area contributed by atoms with Crippen molar-refractivity contribution in [2.75, 3.05) is 19.3 Å². The van der Waals surface area contributed by atoms with E-state index in [-0.39, 0.29) is 11.9 Å². The van der Waals surface area contributed by atoms with E-state index in [1.54, 1.807) is 30.5 Å². The van der Waals surface area contributed by atoms with Gasteiger partial charge in [0, 0.05) is 29.7 Å². The summed E-state index contributed by atoms with van der Waals surface area (Å²) >= 11 is 0. The highest BCUT2D eigenvalue weighted by Crippen LogP contribution is 2.32. The summed E-state index contributed by atoms with van der Waals surface area (Å²) in [6.45, 7) is 10.6. The molecule has 0 radical (unpaired) electrons. The number of hydrogen-bond acceptors (Lipinski definition) is 6. The number of imidazole rings is 1. The quantitative estimate of drug-likeness (QED) is 0.399. The fraction of sp³-hybridized carbons (Fsp3) is 0.280. The van der Waals surface area contributed by atoms with Gasteiger partial charge in [0.1, 0.15) is 28.7 Å². The van der Waals surface area contributed by atoms with Crippen LogP contribution in [0, 0.1) is 0 Å². The van der Waals surface area contributed by atoms with E-state index in [1.807, 2.05) is 29.7 Å². The van der Waals surface area contributed by atoms with Gasteiger partial charge in [0.25, 0.3) is 5.91 Å². The first-order valence-corrected chi connectivity index (χ1v) is 11.0. The summed E-state index contributed by atoms with van der Waals surface area (Å²) in [6, 6.07) is 7.41. The lowest BCUT2D eigenvalue weighted by Crippen LogP contribution is -2.28. The average molecular weight is 446 g/mol. The fourth-order valence-electron chi connectivity index (χ4n) is 3.78. The zero-order chi connectivity index (χ0) is 24.0. The van der Waals surface area contributed by atoms with Gasteiger partial charge in [-0.25, -0.2) is 15.0 Å². The maximum absolute atomic E-state index is 12.6. The highest BCUT2D eigenvalue weighted by Gasteiger charge is 2.23. The van der Waals surface area contributed by atoms with E-state index >= 15 is 0 Å². The molecule has 0 saturated heterocycles. The summed E-state index contributed by atoms with van der Waals surface area (Å²) in [5.41, 5.74) is 9.14. The first-order valence-electron chi connectivity index (χ1n) is 11.0. The van der Waals surface area contributed by atoms with E-state index in [0.29, 0.717) is 17.2 Å². The number of carbonyl (C=O) groups is 1. The first-order chi connectivity index (χ1) is 15.9. The molecular weight excluding hydrogens is 414 g/mol. The van der Waals surface area contributed by atoms with Crippen molar-refractivity contribution in [3.63, 3.8) is 0 Å². The highest BCUT2D eigenvalue weighted by molar-refractivity contribution is 6.10. The van der Waals surface area contributed by atoms with Crippen LogP contribution in [-0.4, -0.2) is 44.6 Å². The predicted octanol–water partition coefficient (Wildman–Crippen LogP) is 4.23. The molecule has 0 unspecified atom stereocenters. The third-order valence-corrected chi connectivity index (χ3v) is 5.54. The Kier molecular flexibility index (Phi) is 7.74. The highest BCUT2D eigenvalue weighted by atomic mass is 16.1. The molecule has 1 aromatic carbocycles. The van der Waals surface area contributed by atoms with Gasteiger partial charge in [-0.05, 0) is 45.1 Å². The monoisotopic (exact) mass is 445 g/mol. The Labute approximate surface area is 194 Å². The molecule has 2 aromatic heterocycles. The molecule has 33 heavy (non-hydrogen) atoms. The molecule has 1 atom stereocenters. The number of nitrogens with one attached hydrogen (secondary N) is 1. The Morgan fingerprint density at radius 2 is 2.06 bits per heavy atom. The number of rotatable bonds is 8. The van der Waals surface area contributed by atoms with Crippen LogP contribution < -0.4 is 11.1 Å². The van der Waals surface area contributed by atoms with Gasteiger partial charge in [-0.15, -0.1) is 0 Å². The second-order valence-corrected chi connectivity index (χ2v) is 7.58. The predicted molar refractivity (Wildman–Crippen MR) is 134 cm³/mol. The van der Waals surface area contributed by atoms with Gasteiger partial charge < -0.3 is 11.1 Å². The minimum atomic E-state index is -0.257. The maximum Gasteiger partial charge on any atom is 0.256 e. The Hall–Kier alpha value is -3.78. The Morgan fingerprint density at radius 1 is 1.33 bits per heavy atom. The number of anilines is 1. The summed E-state index contributed by atoms with van der Waals surface area (Å²) in [7, 11) is 2.09. The van der Waals surface area contributed by atoms with Crippen LogP contribution in [0.4, 0.5) is 5.82 Å². The van der Waals surface area contributed by atoms with Crippen LogP contribution in [0.3, 0.4) is 0 Å². The van der Waals surface area contributed by atoms with Crippen molar-refractivity contribution >= 4 is 23.1 Å². The normalized spacial score (nSPS) is 13.1. The standard InChI is InChI=1S/C25H31N7O/c1-6-10-20(27-8-3)29-25(33)18-13-11-17(12-14-18)21-22-23(26)28-15-16-32(22)24(30-21)19(7-2)31(5)9-4/h6,8,10-16,19H,3,7,9H2,1-2,4-5H3,(H2,26,28)(H,27,29,33)/b10-6-/t19-/m0/s1. The molecule has 3 rings (SSSR count). The minimum Gasteiger partial charge on any atom is -0.382 e. The van der Waals surface area contributed by atoms with Crippen molar-refractivity contribution in [3.8, 4) is 11.3 Å². The van der Waals surface area contributed by atoms with Crippen molar-refractivity contribution in [1.82, 2.24) is 24.6 Å². The van der Waals surface area contributed by atoms with E-state index in [9.17, 15) is 4.79 Å². The van der Waals surface area contributed by atoms with Crippen molar-refractivity contribution in [1.29, 1.82) is 0 Å². The number of amides is 1. The fourth-order valence-corrected chi connectivity index (χ4v) is 3.78. The van der Waals surface area contributed by atoms with Crippen LogP contribution in [-0.2, 0) is 0 Å². The number of amidine groups is 1. The number of benzene rings is 1. The SMILES string of the molecule is C=CN=C(/C=C\C)NC(=O)c1ccc(-c2nc([C@H](CC)N(C)CC)n3ccnc(N)c23)cc1. The molecule has 1 amide bonds. The summed E-state index contributed by atoms with van der Waals surface area (Å²) in [5, 5.41) is 2.78. The first kappa shape index (κ1) is 23.9. The zero-order valence-corrected chi connectivity index (χ0v) is 19.6. The third kappa shape index (κ3) is 5.01. The number of hydrogen-bond donors (Lipinski definition) is 2. The summed E-state index contributed by atoms with van der Waals surface area (Å²) in [5.74, 6) is 1.50. The number of nitrogen functional groups attached to an aromatic ring is 1. The number of aliphatic imine (C=N–C) groups is 1. The van der Waals surface area contributed by atoms with E-state index < -0.39 is 0 Å². The molecule has 0 aliphatic rings. The zero-order valence-electron chi connectivity index (χ0n) is 19.6. The molecule has 0 bridgehead atoms. The Morgan fingerprint density at radius 3 is 2.67 bits per heavy atom. The number of fused-ring (bicyclic) bond motifs is 1. The molecule has 8 nitrogen and oxygen atoms in total. The molecule has 0 saturated carbocycles. The topological polar surface area (TPSA) is 101 Å². The van der Waals surface area contributed by atoms with Crippen LogP contribution in [0.1, 0.15) is 49.4 Å². The molecule has 0 aliphatic carbocycles. The summed E-state index contributed by atoms with van der Waals surface area (Å²) < 4.78 is 2.02. The van der Waals surface area contributed by atoms with Gasteiger partial charge in [-0.3, -0.25) is 14.1 Å². The lowest BCUT2D eigenvalue weighted by Gasteiger charge is -2.24. The van der Waals surface area contributed by atoms with Crippen molar-refractivity contribution in [3.05, 3.63) is 73.0 Å². The molecule has 8 heteroatoms. The second kappa shape index (κ2) is 10.7. The van der Waals surface area contributed by atoms with Crippen LogP contribution >= 0.6 is 0 Å².